The third-order valence-corrected chi connectivity index (χ3v) is 3.29. The zero-order chi connectivity index (χ0) is 14.8. The van der Waals surface area contributed by atoms with Crippen molar-refractivity contribution in [3.63, 3.8) is 0 Å². The first-order chi connectivity index (χ1) is 10.3. The van der Waals surface area contributed by atoms with E-state index in [-0.39, 0.29) is 5.57 Å². The van der Waals surface area contributed by atoms with Gasteiger partial charge in [-0.2, -0.15) is 10.5 Å². The summed E-state index contributed by atoms with van der Waals surface area (Å²) in [5, 5.41) is 21.4. The fraction of sp³-hybridized carbons (Fsp3) is 0. The van der Waals surface area contributed by atoms with Gasteiger partial charge >= 0.3 is 0 Å². The quantitative estimate of drug-likeness (QED) is 0.618. The second-order valence-electron chi connectivity index (χ2n) is 4.18. The number of hydrogen-bond acceptors (Lipinski definition) is 4. The fourth-order valence-electron chi connectivity index (χ4n) is 2.10. The second kappa shape index (κ2) is 5.08. The number of allylic oxidation sites excluding steroid dienone is 1. The number of thiocarbonyl (C=S) groups is 1. The SMILES string of the molecule is N#CC(C#N)=C1NC(=S)N(c2ccccc2)c2nc[nH]c21. The molecule has 1 aromatic heterocycles. The second-order valence-corrected chi connectivity index (χ2v) is 4.56. The van der Waals surface area contributed by atoms with Crippen molar-refractivity contribution < 1.29 is 0 Å². The van der Waals surface area contributed by atoms with Crippen LogP contribution in [-0.2, 0) is 0 Å². The number of benzene rings is 1. The summed E-state index contributed by atoms with van der Waals surface area (Å²) in [4.78, 5) is 8.95. The van der Waals surface area contributed by atoms with Crippen molar-refractivity contribution in [3.05, 3.63) is 47.9 Å². The molecule has 0 saturated carbocycles. The molecule has 0 aliphatic carbocycles. The highest BCUT2D eigenvalue weighted by Gasteiger charge is 2.30. The summed E-state index contributed by atoms with van der Waals surface area (Å²) in [6.07, 6.45) is 1.50. The maximum Gasteiger partial charge on any atom is 0.184 e. The van der Waals surface area contributed by atoms with Crippen molar-refractivity contribution in [2.45, 2.75) is 0 Å². The minimum Gasteiger partial charge on any atom is -0.341 e. The molecule has 0 spiro atoms. The average molecular weight is 292 g/mol. The molecule has 6 nitrogen and oxygen atoms in total. The van der Waals surface area contributed by atoms with E-state index < -0.39 is 0 Å². The van der Waals surface area contributed by atoms with Crippen molar-refractivity contribution in [3.8, 4) is 12.1 Å². The van der Waals surface area contributed by atoms with Crippen molar-refractivity contribution in [1.82, 2.24) is 15.3 Å². The topological polar surface area (TPSA) is 91.5 Å². The number of aromatic nitrogens is 2. The molecule has 21 heavy (non-hydrogen) atoms. The average Bonchev–Trinajstić information content (AvgIpc) is 2.98. The Balaban J connectivity index is 2.20. The number of para-hydroxylation sites is 1. The predicted molar refractivity (Wildman–Crippen MR) is 81.0 cm³/mol. The summed E-state index contributed by atoms with van der Waals surface area (Å²) in [7, 11) is 0. The van der Waals surface area contributed by atoms with Crippen LogP contribution in [0.2, 0.25) is 0 Å². The molecule has 7 heteroatoms. The van der Waals surface area contributed by atoms with Crippen LogP contribution in [0.3, 0.4) is 0 Å². The van der Waals surface area contributed by atoms with Gasteiger partial charge in [0.15, 0.2) is 16.5 Å². The molecule has 1 aliphatic rings. The molecular formula is C14H8N6S. The molecule has 2 heterocycles. The van der Waals surface area contributed by atoms with Crippen molar-refractivity contribution >= 4 is 34.5 Å². The van der Waals surface area contributed by atoms with Crippen LogP contribution in [0.1, 0.15) is 5.69 Å². The van der Waals surface area contributed by atoms with Crippen LogP contribution in [0.5, 0.6) is 0 Å². The number of H-pyrrole nitrogens is 1. The predicted octanol–water partition coefficient (Wildman–Crippen LogP) is 2.19. The van der Waals surface area contributed by atoms with Crippen LogP contribution in [0.25, 0.3) is 5.70 Å². The first-order valence-corrected chi connectivity index (χ1v) is 6.41. The lowest BCUT2D eigenvalue weighted by molar-refractivity contribution is 1.13. The molecule has 0 unspecified atom stereocenters. The van der Waals surface area contributed by atoms with E-state index in [2.05, 4.69) is 15.3 Å². The molecule has 0 fully saturated rings. The number of aromatic amines is 1. The fourth-order valence-corrected chi connectivity index (χ4v) is 2.40. The van der Waals surface area contributed by atoms with Gasteiger partial charge in [-0.05, 0) is 24.4 Å². The van der Waals surface area contributed by atoms with Crippen LogP contribution in [0.4, 0.5) is 11.5 Å². The first kappa shape index (κ1) is 12.9. The van der Waals surface area contributed by atoms with Crippen molar-refractivity contribution in [1.29, 1.82) is 10.5 Å². The molecule has 2 aromatic rings. The molecule has 3 rings (SSSR count). The Morgan fingerprint density at radius 3 is 2.57 bits per heavy atom. The number of nitrogens with zero attached hydrogens (tertiary/aromatic N) is 4. The summed E-state index contributed by atoms with van der Waals surface area (Å²) in [5.41, 5.74) is 1.71. The molecule has 1 aromatic carbocycles. The van der Waals surface area contributed by atoms with E-state index in [1.165, 1.54) is 6.33 Å². The van der Waals surface area contributed by atoms with E-state index in [1.807, 2.05) is 42.5 Å². The van der Waals surface area contributed by atoms with Gasteiger partial charge in [-0.1, -0.05) is 18.2 Å². The smallest absolute Gasteiger partial charge is 0.184 e. The zero-order valence-corrected chi connectivity index (χ0v) is 11.5. The number of nitrogens with one attached hydrogen (secondary N) is 2. The number of anilines is 2. The number of nitriles is 2. The number of fused-ring (bicyclic) bond motifs is 1. The molecule has 0 radical (unpaired) electrons. The molecule has 1 aliphatic heterocycles. The van der Waals surface area contributed by atoms with E-state index in [1.54, 1.807) is 4.90 Å². The Morgan fingerprint density at radius 1 is 1.19 bits per heavy atom. The zero-order valence-electron chi connectivity index (χ0n) is 10.7. The van der Waals surface area contributed by atoms with Gasteiger partial charge in [0.05, 0.1) is 12.0 Å². The Kier molecular flexibility index (Phi) is 3.11. The van der Waals surface area contributed by atoms with E-state index in [4.69, 9.17) is 22.7 Å². The van der Waals surface area contributed by atoms with Gasteiger partial charge in [-0.15, -0.1) is 0 Å². The van der Waals surface area contributed by atoms with Crippen LogP contribution < -0.4 is 10.2 Å². The van der Waals surface area contributed by atoms with Crippen LogP contribution in [0.15, 0.2) is 42.2 Å². The van der Waals surface area contributed by atoms with Crippen LogP contribution in [0, 0.1) is 22.7 Å². The lowest BCUT2D eigenvalue weighted by atomic mass is 10.1. The summed E-state index contributed by atoms with van der Waals surface area (Å²) >= 11 is 5.35. The summed E-state index contributed by atoms with van der Waals surface area (Å²) in [6.45, 7) is 0. The molecule has 0 saturated heterocycles. The Hall–Kier alpha value is -3.16. The third-order valence-electron chi connectivity index (χ3n) is 3.00. The highest BCUT2D eigenvalue weighted by atomic mass is 32.1. The lowest BCUT2D eigenvalue weighted by Gasteiger charge is -2.30. The van der Waals surface area contributed by atoms with Crippen LogP contribution >= 0.6 is 12.2 Å². The van der Waals surface area contributed by atoms with E-state index in [9.17, 15) is 0 Å². The summed E-state index contributed by atoms with van der Waals surface area (Å²) < 4.78 is 0. The van der Waals surface area contributed by atoms with E-state index in [0.717, 1.165) is 5.69 Å². The molecule has 0 bridgehead atoms. The van der Waals surface area contributed by atoms with Crippen LogP contribution in [-0.4, -0.2) is 15.1 Å². The monoisotopic (exact) mass is 292 g/mol. The van der Waals surface area contributed by atoms with Gasteiger partial charge in [0.25, 0.3) is 0 Å². The molecule has 0 amide bonds. The molecular weight excluding hydrogens is 284 g/mol. The van der Waals surface area contributed by atoms with Gasteiger partial charge in [0, 0.05) is 5.69 Å². The standard InChI is InChI=1S/C14H8N6S/c15-6-9(7-16)11-12-13(18-8-17-12)20(14(21)19-11)10-4-2-1-3-5-10/h1-5,8H,(H,17,18)(H,19,21). The normalized spacial score (nSPS) is 13.0. The number of hydrogen-bond donors (Lipinski definition) is 2. The summed E-state index contributed by atoms with van der Waals surface area (Å²) in [5.74, 6) is 0.558. The highest BCUT2D eigenvalue weighted by molar-refractivity contribution is 7.80. The minimum absolute atomic E-state index is 0.0458. The first-order valence-electron chi connectivity index (χ1n) is 6.00. The minimum atomic E-state index is -0.0458. The maximum atomic E-state index is 9.05. The van der Waals surface area contributed by atoms with Gasteiger partial charge < -0.3 is 10.3 Å². The van der Waals surface area contributed by atoms with Gasteiger partial charge in [-0.25, -0.2) is 4.98 Å². The van der Waals surface area contributed by atoms with E-state index in [0.29, 0.717) is 22.3 Å². The highest BCUT2D eigenvalue weighted by Crippen LogP contribution is 2.34. The molecule has 0 atom stereocenters. The number of imidazole rings is 1. The maximum absolute atomic E-state index is 9.05. The molecule has 2 N–H and O–H groups in total. The largest absolute Gasteiger partial charge is 0.341 e. The Morgan fingerprint density at radius 2 is 1.90 bits per heavy atom. The van der Waals surface area contributed by atoms with E-state index >= 15 is 0 Å². The van der Waals surface area contributed by atoms with Gasteiger partial charge in [0.2, 0.25) is 0 Å². The van der Waals surface area contributed by atoms with Crippen molar-refractivity contribution in [2.24, 2.45) is 0 Å². The Labute approximate surface area is 126 Å². The number of rotatable bonds is 1. The summed E-state index contributed by atoms with van der Waals surface area (Å²) in [6, 6.07) is 13.2. The van der Waals surface area contributed by atoms with Gasteiger partial charge in [-0.3, -0.25) is 4.90 Å². The van der Waals surface area contributed by atoms with Crippen molar-refractivity contribution in [2.75, 3.05) is 4.90 Å². The lowest BCUT2D eigenvalue weighted by Crippen LogP contribution is -2.40. The molecule has 100 valence electrons. The third kappa shape index (κ3) is 2.02. The van der Waals surface area contributed by atoms with Gasteiger partial charge in [0.1, 0.15) is 17.8 Å². The Bertz CT molecular complexity index is 805.